The third-order valence-electron chi connectivity index (χ3n) is 5.26. The monoisotopic (exact) mass is 560 g/mol. The molecule has 0 aromatic rings. The molecule has 0 rings (SSSR count). The van der Waals surface area contributed by atoms with E-state index in [1.54, 1.807) is 11.8 Å². The summed E-state index contributed by atoms with van der Waals surface area (Å²) in [6, 6.07) is -1.37. The number of hydrogen-bond donors (Lipinski definition) is 5. The van der Waals surface area contributed by atoms with Crippen molar-refractivity contribution >= 4 is 41.2 Å². The zero-order valence-electron chi connectivity index (χ0n) is 24.3. The number of hydrogen-bond acceptors (Lipinski definition) is 7. The van der Waals surface area contributed by atoms with E-state index in [1.807, 2.05) is 27.0 Å². The number of carbonyl (C=O) groups is 5. The van der Waals surface area contributed by atoms with Gasteiger partial charge in [0, 0.05) is 31.8 Å². The molecule has 0 radical (unpaired) electrons. The van der Waals surface area contributed by atoms with Crippen LogP contribution in [0.2, 0.25) is 0 Å². The highest BCUT2D eigenvalue weighted by Gasteiger charge is 2.22. The highest BCUT2D eigenvalue weighted by atomic mass is 32.2. The molecule has 3 amide bonds. The van der Waals surface area contributed by atoms with Crippen molar-refractivity contribution in [1.29, 1.82) is 0 Å². The number of carboxylic acids is 1. The minimum Gasteiger partial charge on any atom is -0.480 e. The largest absolute Gasteiger partial charge is 0.480 e. The summed E-state index contributed by atoms with van der Waals surface area (Å²) in [5.74, 6) is -1.08. The molecule has 5 N–H and O–H groups in total. The number of amides is 3. The van der Waals surface area contributed by atoms with E-state index >= 15 is 0 Å². The maximum Gasteiger partial charge on any atom is 0.326 e. The van der Waals surface area contributed by atoms with Crippen molar-refractivity contribution in [3.63, 3.8) is 0 Å². The Balaban J connectivity index is 0. The van der Waals surface area contributed by atoms with Crippen LogP contribution < -0.4 is 21.3 Å². The van der Waals surface area contributed by atoms with E-state index in [2.05, 4.69) is 35.1 Å². The fourth-order valence-electron chi connectivity index (χ4n) is 3.30. The number of rotatable bonds is 21. The van der Waals surface area contributed by atoms with Gasteiger partial charge in [-0.25, -0.2) is 4.79 Å². The minimum absolute atomic E-state index is 0.0874. The smallest absolute Gasteiger partial charge is 0.326 e. The molecule has 0 bridgehead atoms. The number of ketones is 1. The lowest BCUT2D eigenvalue weighted by Crippen LogP contribution is -2.51. The number of thioether (sulfide) groups is 1. The van der Waals surface area contributed by atoms with Gasteiger partial charge in [-0.15, -0.1) is 0 Å². The van der Waals surface area contributed by atoms with E-state index < -0.39 is 24.0 Å². The zero-order valence-corrected chi connectivity index (χ0v) is 25.1. The van der Waals surface area contributed by atoms with Gasteiger partial charge in [-0.1, -0.05) is 41.0 Å². The van der Waals surface area contributed by atoms with Gasteiger partial charge in [0.15, 0.2) is 0 Å². The van der Waals surface area contributed by atoms with Crippen LogP contribution in [0.25, 0.3) is 0 Å². The molecule has 222 valence electrons. The van der Waals surface area contributed by atoms with Crippen LogP contribution in [0.4, 0.5) is 0 Å². The van der Waals surface area contributed by atoms with Crippen molar-refractivity contribution in [2.24, 2.45) is 0 Å². The van der Waals surface area contributed by atoms with Crippen LogP contribution in [0.3, 0.4) is 0 Å². The molecule has 0 saturated carbocycles. The lowest BCUT2D eigenvalue weighted by atomic mass is 10.1. The van der Waals surface area contributed by atoms with Crippen molar-refractivity contribution in [1.82, 2.24) is 21.3 Å². The summed E-state index contributed by atoms with van der Waals surface area (Å²) in [5.41, 5.74) is 0. The number of carbonyl (C=O) groups excluding carboxylic acids is 4. The topological polar surface area (TPSA) is 154 Å². The fraction of sp³-hybridized carbons (Fsp3) is 0.815. The number of aliphatic carboxylic acids is 1. The minimum atomic E-state index is -1.14. The van der Waals surface area contributed by atoms with E-state index in [-0.39, 0.29) is 36.6 Å². The summed E-state index contributed by atoms with van der Waals surface area (Å²) in [6.07, 6.45) is 7.88. The maximum atomic E-state index is 12.4. The average Bonchev–Trinajstić information content (AvgIpc) is 2.86. The lowest BCUT2D eigenvalue weighted by Gasteiger charge is -2.21. The Morgan fingerprint density at radius 2 is 1.45 bits per heavy atom. The number of unbranched alkanes of at least 4 members (excludes halogenated alkanes) is 2. The molecular weight excluding hydrogens is 508 g/mol. The summed E-state index contributed by atoms with van der Waals surface area (Å²) in [6.45, 7) is 10.1. The van der Waals surface area contributed by atoms with E-state index in [4.69, 9.17) is 0 Å². The zero-order chi connectivity index (χ0) is 29.3. The summed E-state index contributed by atoms with van der Waals surface area (Å²) >= 11 is 1.63. The number of Topliss-reactive ketones (excluding diaryl/α,β-unsaturated/α-hetero) is 1. The molecule has 10 nitrogen and oxygen atoms in total. The molecule has 38 heavy (non-hydrogen) atoms. The van der Waals surface area contributed by atoms with Gasteiger partial charge in [0.05, 0.1) is 12.6 Å². The van der Waals surface area contributed by atoms with Crippen molar-refractivity contribution in [2.75, 3.05) is 25.1 Å². The van der Waals surface area contributed by atoms with Gasteiger partial charge >= 0.3 is 5.97 Å². The Bertz CT molecular complexity index is 690. The second kappa shape index (κ2) is 25.2. The molecular formula is C27H52N4O6S. The first-order valence-electron chi connectivity index (χ1n) is 13.8. The van der Waals surface area contributed by atoms with Crippen molar-refractivity contribution < 1.29 is 29.1 Å². The van der Waals surface area contributed by atoms with Crippen LogP contribution in [0.15, 0.2) is 0 Å². The molecule has 0 aromatic carbocycles. The Kier molecular flexibility index (Phi) is 25.2. The van der Waals surface area contributed by atoms with Gasteiger partial charge < -0.3 is 26.4 Å². The molecule has 11 heteroatoms. The molecule has 0 aromatic heterocycles. The molecule has 0 heterocycles. The van der Waals surface area contributed by atoms with Crippen LogP contribution in [0.1, 0.15) is 98.8 Å². The molecule has 0 aliphatic carbocycles. The first-order chi connectivity index (χ1) is 18.0. The lowest BCUT2D eigenvalue weighted by molar-refractivity contribution is -0.142. The summed E-state index contributed by atoms with van der Waals surface area (Å²) in [5, 5.41) is 20.4. The highest BCUT2D eigenvalue weighted by Crippen LogP contribution is 2.05. The molecule has 0 aliphatic rings. The van der Waals surface area contributed by atoms with Crippen molar-refractivity contribution in [3.8, 4) is 0 Å². The second-order valence-corrected chi connectivity index (χ2v) is 10.5. The van der Waals surface area contributed by atoms with Crippen LogP contribution in [-0.2, 0) is 24.0 Å². The third kappa shape index (κ3) is 23.0. The Morgan fingerprint density at radius 1 is 0.816 bits per heavy atom. The van der Waals surface area contributed by atoms with Gasteiger partial charge in [0.25, 0.3) is 0 Å². The van der Waals surface area contributed by atoms with Gasteiger partial charge in [-0.05, 0) is 50.5 Å². The van der Waals surface area contributed by atoms with Gasteiger partial charge in [0.1, 0.15) is 11.8 Å². The summed E-state index contributed by atoms with van der Waals surface area (Å²) < 4.78 is 0. The van der Waals surface area contributed by atoms with Crippen LogP contribution in [0, 0.1) is 0 Å². The number of carboxylic acid groups (broad SMARTS) is 1. The molecule has 0 fully saturated rings. The van der Waals surface area contributed by atoms with Crippen molar-refractivity contribution in [3.05, 3.63) is 0 Å². The quantitative estimate of drug-likeness (QED) is 0.134. The first-order valence-corrected chi connectivity index (χ1v) is 15.2. The fourth-order valence-corrected chi connectivity index (χ4v) is 3.77. The molecule has 0 spiro atoms. The SMILES string of the molecule is CCC.CCC(=O)CCCCC(=O)NCCCCC(NC(=O)CNC(=O)C(CCSC)NC(C)C)C(=O)O. The Hall–Kier alpha value is -2.14. The highest BCUT2D eigenvalue weighted by molar-refractivity contribution is 7.98. The standard InChI is InChI=1S/C24H44N4O6S.C3H8/c1-5-18(29)10-6-7-12-21(30)25-14-9-8-11-20(24(33)34)28-22(31)16-26-23(32)19(13-15-35-4)27-17(2)3;1-3-2/h17,19-20,27H,5-16H2,1-4H3,(H,25,30)(H,26,32)(H,28,31)(H,33,34);3H2,1-2H3. The Labute approximate surface area is 233 Å². The van der Waals surface area contributed by atoms with Gasteiger partial charge in [-0.2, -0.15) is 11.8 Å². The van der Waals surface area contributed by atoms with Gasteiger partial charge in [-0.3, -0.25) is 19.2 Å². The molecule has 0 aliphatic heterocycles. The van der Waals surface area contributed by atoms with Gasteiger partial charge in [0.2, 0.25) is 17.7 Å². The summed E-state index contributed by atoms with van der Waals surface area (Å²) in [4.78, 5) is 59.2. The second-order valence-electron chi connectivity index (χ2n) is 9.48. The predicted molar refractivity (Wildman–Crippen MR) is 154 cm³/mol. The van der Waals surface area contributed by atoms with Crippen LogP contribution in [-0.4, -0.2) is 77.8 Å². The normalized spacial score (nSPS) is 12.1. The van der Waals surface area contributed by atoms with Crippen molar-refractivity contribution in [2.45, 2.75) is 117 Å². The average molecular weight is 561 g/mol. The Morgan fingerprint density at radius 3 is 2.00 bits per heavy atom. The number of nitrogens with one attached hydrogen (secondary N) is 4. The van der Waals surface area contributed by atoms with Crippen LogP contribution >= 0.6 is 11.8 Å². The van der Waals surface area contributed by atoms with E-state index in [1.165, 1.54) is 6.42 Å². The van der Waals surface area contributed by atoms with E-state index in [0.29, 0.717) is 57.9 Å². The molecule has 0 saturated heterocycles. The maximum absolute atomic E-state index is 12.4. The predicted octanol–water partition coefficient (Wildman–Crippen LogP) is 3.03. The third-order valence-corrected chi connectivity index (χ3v) is 5.91. The van der Waals surface area contributed by atoms with Crippen LogP contribution in [0.5, 0.6) is 0 Å². The molecule has 2 atom stereocenters. The first kappa shape index (κ1) is 38.0. The van der Waals surface area contributed by atoms with E-state index in [9.17, 15) is 29.1 Å². The molecule has 2 unspecified atom stereocenters. The van der Waals surface area contributed by atoms with E-state index in [0.717, 1.165) is 5.75 Å². The summed E-state index contributed by atoms with van der Waals surface area (Å²) in [7, 11) is 0.